The summed E-state index contributed by atoms with van der Waals surface area (Å²) in [6.07, 6.45) is 4.54. The van der Waals surface area contributed by atoms with Gasteiger partial charge in [-0.2, -0.15) is 0 Å². The maximum Gasteiger partial charge on any atom is 0.141 e. The van der Waals surface area contributed by atoms with Gasteiger partial charge in [0.2, 0.25) is 0 Å². The number of rotatable bonds is 5. The van der Waals surface area contributed by atoms with Crippen LogP contribution in [0.1, 0.15) is 24.1 Å². The summed E-state index contributed by atoms with van der Waals surface area (Å²) in [6, 6.07) is 10.5. The number of nitrogens with zero attached hydrogens (tertiary/aromatic N) is 3. The Labute approximate surface area is 154 Å². The lowest BCUT2D eigenvalue weighted by atomic mass is 10.1. The molecule has 0 amide bonds. The van der Waals surface area contributed by atoms with Crippen LogP contribution in [0.15, 0.2) is 30.3 Å². The largest absolute Gasteiger partial charge is 0.379 e. The quantitative estimate of drug-likeness (QED) is 0.768. The van der Waals surface area contributed by atoms with Crippen LogP contribution in [0.5, 0.6) is 0 Å². The van der Waals surface area contributed by atoms with Crippen LogP contribution < -0.4 is 0 Å². The van der Waals surface area contributed by atoms with E-state index in [-0.39, 0.29) is 0 Å². The number of aromatic nitrogens is 2. The molecule has 1 saturated heterocycles. The minimum Gasteiger partial charge on any atom is -0.379 e. The van der Waals surface area contributed by atoms with Crippen LogP contribution in [0.2, 0.25) is 0 Å². The molecule has 2 aromatic rings. The molecule has 0 radical (unpaired) electrons. The molecular weight excluding hydrogens is 330 g/mol. The van der Waals surface area contributed by atoms with E-state index in [1.807, 2.05) is 6.07 Å². The smallest absolute Gasteiger partial charge is 0.141 e. The second-order valence-electron chi connectivity index (χ2n) is 6.84. The number of fused-ring (bicyclic) bond motifs is 1. The third-order valence-corrected chi connectivity index (χ3v) is 5.57. The Bertz CT molecular complexity index is 782. The lowest BCUT2D eigenvalue weighted by Gasteiger charge is -2.27. The zero-order chi connectivity index (χ0) is 17.1. The minimum absolute atomic E-state index is 0.802. The molecule has 0 saturated carbocycles. The first-order valence-electron chi connectivity index (χ1n) is 9.31. The number of hydrogen-bond acceptors (Lipinski definition) is 4. The fourth-order valence-corrected chi connectivity index (χ4v) is 4.24. The van der Waals surface area contributed by atoms with Crippen molar-refractivity contribution in [2.24, 2.45) is 0 Å². The number of morpholine rings is 1. The Hall–Kier alpha value is -1.56. The fourth-order valence-electron chi connectivity index (χ4n) is 3.93. The molecule has 0 spiro atoms. The van der Waals surface area contributed by atoms with Gasteiger partial charge in [-0.15, -0.1) is 0 Å². The van der Waals surface area contributed by atoms with Crippen molar-refractivity contribution in [3.63, 3.8) is 0 Å². The monoisotopic (exact) mass is 355 g/mol. The molecule has 25 heavy (non-hydrogen) atoms. The van der Waals surface area contributed by atoms with Crippen LogP contribution >= 0.6 is 12.2 Å². The molecule has 132 valence electrons. The van der Waals surface area contributed by atoms with E-state index in [1.54, 1.807) is 0 Å². The van der Waals surface area contributed by atoms with Crippen molar-refractivity contribution in [3.05, 3.63) is 46.2 Å². The van der Waals surface area contributed by atoms with E-state index >= 15 is 0 Å². The SMILES string of the molecule is S=c1nc(-c2ccccc2)n(CCCN2CCOCC2)c2c1CCC2. The molecule has 4 nitrogen and oxygen atoms in total. The number of ether oxygens (including phenoxy) is 1. The zero-order valence-electron chi connectivity index (χ0n) is 14.6. The van der Waals surface area contributed by atoms with Crippen LogP contribution in [-0.2, 0) is 24.1 Å². The molecule has 1 aromatic carbocycles. The Kier molecular flexibility index (Phi) is 5.25. The van der Waals surface area contributed by atoms with Gasteiger partial charge in [-0.1, -0.05) is 42.5 Å². The first-order chi connectivity index (χ1) is 12.3. The molecule has 0 unspecified atom stereocenters. The molecule has 1 aromatic heterocycles. The second kappa shape index (κ2) is 7.77. The third kappa shape index (κ3) is 3.68. The summed E-state index contributed by atoms with van der Waals surface area (Å²) in [7, 11) is 0. The van der Waals surface area contributed by atoms with Crippen molar-refractivity contribution in [2.45, 2.75) is 32.2 Å². The van der Waals surface area contributed by atoms with Gasteiger partial charge in [0.15, 0.2) is 0 Å². The van der Waals surface area contributed by atoms with Crippen LogP contribution in [0.4, 0.5) is 0 Å². The summed E-state index contributed by atoms with van der Waals surface area (Å²) in [4.78, 5) is 7.33. The highest BCUT2D eigenvalue weighted by Gasteiger charge is 2.20. The van der Waals surface area contributed by atoms with Crippen LogP contribution in [0.3, 0.4) is 0 Å². The van der Waals surface area contributed by atoms with E-state index in [4.69, 9.17) is 21.9 Å². The summed E-state index contributed by atoms with van der Waals surface area (Å²) >= 11 is 5.59. The first-order valence-corrected chi connectivity index (χ1v) is 9.72. The van der Waals surface area contributed by atoms with Crippen molar-refractivity contribution in [2.75, 3.05) is 32.8 Å². The van der Waals surface area contributed by atoms with Crippen LogP contribution in [-0.4, -0.2) is 47.3 Å². The van der Waals surface area contributed by atoms with Crippen molar-refractivity contribution in [1.29, 1.82) is 0 Å². The molecule has 1 aliphatic carbocycles. The minimum atomic E-state index is 0.802. The summed E-state index contributed by atoms with van der Waals surface area (Å²) in [5.41, 5.74) is 3.89. The van der Waals surface area contributed by atoms with E-state index in [0.29, 0.717) is 0 Å². The topological polar surface area (TPSA) is 30.3 Å². The van der Waals surface area contributed by atoms with E-state index < -0.39 is 0 Å². The van der Waals surface area contributed by atoms with Gasteiger partial charge in [0, 0.05) is 43.0 Å². The van der Waals surface area contributed by atoms with E-state index in [2.05, 4.69) is 33.7 Å². The average Bonchev–Trinajstić information content (AvgIpc) is 3.15. The van der Waals surface area contributed by atoms with E-state index in [1.165, 1.54) is 17.7 Å². The van der Waals surface area contributed by atoms with Gasteiger partial charge >= 0.3 is 0 Å². The standard InChI is InChI=1S/C20H25N3OS/c25-20-17-8-4-9-18(17)23(11-5-10-22-12-14-24-15-13-22)19(21-20)16-6-2-1-3-7-16/h1-3,6-7H,4-5,8-15H2. The van der Waals surface area contributed by atoms with Gasteiger partial charge in [0.05, 0.1) is 13.2 Å². The Balaban J connectivity index is 1.60. The van der Waals surface area contributed by atoms with Gasteiger partial charge in [-0.05, 0) is 25.7 Å². The van der Waals surface area contributed by atoms with Crippen LogP contribution in [0, 0.1) is 4.64 Å². The lowest BCUT2D eigenvalue weighted by Crippen LogP contribution is -2.37. The number of hydrogen-bond donors (Lipinski definition) is 0. The van der Waals surface area contributed by atoms with Crippen molar-refractivity contribution >= 4 is 12.2 Å². The van der Waals surface area contributed by atoms with Crippen LogP contribution in [0.25, 0.3) is 11.4 Å². The van der Waals surface area contributed by atoms with Gasteiger partial charge in [0.1, 0.15) is 10.5 Å². The molecule has 2 heterocycles. The van der Waals surface area contributed by atoms with Gasteiger partial charge in [-0.3, -0.25) is 4.90 Å². The summed E-state index contributed by atoms with van der Waals surface area (Å²) < 4.78 is 8.69. The van der Waals surface area contributed by atoms with E-state index in [9.17, 15) is 0 Å². The van der Waals surface area contributed by atoms with Gasteiger partial charge in [0.25, 0.3) is 0 Å². The molecule has 5 heteroatoms. The lowest BCUT2D eigenvalue weighted by molar-refractivity contribution is 0.0369. The molecule has 4 rings (SSSR count). The summed E-state index contributed by atoms with van der Waals surface area (Å²) in [6.45, 7) is 5.96. The first kappa shape index (κ1) is 16.9. The fraction of sp³-hybridized carbons (Fsp3) is 0.500. The molecule has 0 atom stereocenters. The highest BCUT2D eigenvalue weighted by atomic mass is 32.1. The van der Waals surface area contributed by atoms with Crippen molar-refractivity contribution in [1.82, 2.24) is 14.5 Å². The van der Waals surface area contributed by atoms with Crippen molar-refractivity contribution in [3.8, 4) is 11.4 Å². The molecule has 0 bridgehead atoms. The maximum absolute atomic E-state index is 5.59. The van der Waals surface area contributed by atoms with E-state index in [0.717, 1.165) is 74.7 Å². The Morgan fingerprint density at radius 1 is 1.04 bits per heavy atom. The third-order valence-electron chi connectivity index (χ3n) is 5.23. The Morgan fingerprint density at radius 3 is 2.64 bits per heavy atom. The van der Waals surface area contributed by atoms with Gasteiger partial charge < -0.3 is 9.30 Å². The second-order valence-corrected chi connectivity index (χ2v) is 7.23. The van der Waals surface area contributed by atoms with Gasteiger partial charge in [-0.25, -0.2) is 4.98 Å². The molecule has 0 N–H and O–H groups in total. The maximum atomic E-state index is 5.59. The average molecular weight is 356 g/mol. The highest BCUT2D eigenvalue weighted by molar-refractivity contribution is 7.71. The summed E-state index contributed by atoms with van der Waals surface area (Å²) in [5.74, 6) is 1.04. The Morgan fingerprint density at radius 2 is 1.84 bits per heavy atom. The molecule has 2 aliphatic rings. The highest BCUT2D eigenvalue weighted by Crippen LogP contribution is 2.28. The zero-order valence-corrected chi connectivity index (χ0v) is 15.4. The molecule has 1 aliphatic heterocycles. The van der Waals surface area contributed by atoms with Crippen molar-refractivity contribution < 1.29 is 4.74 Å². The normalized spacial score (nSPS) is 17.6. The molecule has 1 fully saturated rings. The summed E-state index contributed by atoms with van der Waals surface area (Å²) in [5, 5.41) is 0. The number of benzene rings is 1. The predicted octanol–water partition coefficient (Wildman–Crippen LogP) is 3.49. The molecular formula is C20H25N3OS. The predicted molar refractivity (Wildman–Crippen MR) is 102 cm³/mol.